The van der Waals surface area contributed by atoms with Crippen LogP contribution < -0.4 is 16.1 Å². The minimum atomic E-state index is -0.735. The molecule has 0 aliphatic rings. The number of benzene rings is 3. The third-order valence-corrected chi connectivity index (χ3v) is 5.29. The molecule has 8 heteroatoms. The van der Waals surface area contributed by atoms with Crippen LogP contribution in [0.25, 0.3) is 10.9 Å². The summed E-state index contributed by atoms with van der Waals surface area (Å²) in [5.41, 5.74) is 1.75. The number of aromatic nitrogens is 1. The first-order chi connectivity index (χ1) is 14.9. The van der Waals surface area contributed by atoms with E-state index in [0.29, 0.717) is 32.7 Å². The van der Waals surface area contributed by atoms with Crippen LogP contribution in [0, 0.1) is 5.82 Å². The number of hydrogen-bond donors (Lipinski definition) is 3. The van der Waals surface area contributed by atoms with Gasteiger partial charge in [-0.1, -0.05) is 53.5 Å². The molecule has 0 saturated carbocycles. The quantitative estimate of drug-likeness (QED) is 0.359. The number of halogens is 3. The first kappa shape index (κ1) is 20.9. The van der Waals surface area contributed by atoms with E-state index < -0.39 is 17.9 Å². The van der Waals surface area contributed by atoms with Crippen molar-refractivity contribution in [1.29, 1.82) is 0 Å². The molecule has 4 aromatic rings. The number of anilines is 1. The van der Waals surface area contributed by atoms with Gasteiger partial charge in [0.2, 0.25) is 0 Å². The van der Waals surface area contributed by atoms with Crippen LogP contribution in [-0.4, -0.2) is 11.0 Å². The van der Waals surface area contributed by atoms with Crippen molar-refractivity contribution in [3.8, 4) is 0 Å². The van der Waals surface area contributed by atoms with Crippen molar-refractivity contribution >= 4 is 45.8 Å². The van der Waals surface area contributed by atoms with Gasteiger partial charge in [-0.05, 0) is 42.0 Å². The second-order valence-electron chi connectivity index (χ2n) is 6.83. The summed E-state index contributed by atoms with van der Waals surface area (Å²) in [5, 5.41) is 6.28. The van der Waals surface area contributed by atoms with Crippen molar-refractivity contribution in [2.75, 3.05) is 5.32 Å². The Labute approximate surface area is 186 Å². The van der Waals surface area contributed by atoms with E-state index in [-0.39, 0.29) is 10.5 Å². The summed E-state index contributed by atoms with van der Waals surface area (Å²) in [7, 11) is 0. The maximum absolute atomic E-state index is 13.4. The Morgan fingerprint density at radius 3 is 2.52 bits per heavy atom. The number of pyridine rings is 1. The second kappa shape index (κ2) is 8.79. The highest BCUT2D eigenvalue weighted by Gasteiger charge is 2.21. The number of nitrogens with one attached hydrogen (secondary N) is 3. The molecule has 0 aliphatic carbocycles. The zero-order valence-electron chi connectivity index (χ0n) is 16.0. The zero-order valence-corrected chi connectivity index (χ0v) is 17.5. The fraction of sp³-hybridized carbons (Fsp3) is 0.0435. The number of amides is 2. The lowest BCUT2D eigenvalue weighted by atomic mass is 9.98. The summed E-state index contributed by atoms with van der Waals surface area (Å²) >= 11 is 11.8. The van der Waals surface area contributed by atoms with Gasteiger partial charge in [0.25, 0.3) is 0 Å². The molecular formula is C23H16Cl2FN3O2. The molecule has 0 radical (unpaired) electrons. The largest absolute Gasteiger partial charge is 0.361 e. The van der Waals surface area contributed by atoms with Crippen LogP contribution in [0.4, 0.5) is 14.9 Å². The molecule has 2 amide bonds. The average Bonchev–Trinajstić information content (AvgIpc) is 2.76. The van der Waals surface area contributed by atoms with Crippen LogP contribution in [0.3, 0.4) is 0 Å². The van der Waals surface area contributed by atoms with Crippen molar-refractivity contribution < 1.29 is 9.18 Å². The first-order valence-electron chi connectivity index (χ1n) is 9.31. The minimum Gasteiger partial charge on any atom is -0.361 e. The molecule has 3 aromatic carbocycles. The van der Waals surface area contributed by atoms with E-state index >= 15 is 0 Å². The highest BCUT2D eigenvalue weighted by molar-refractivity contribution is 6.31. The van der Waals surface area contributed by atoms with Crippen LogP contribution in [0.5, 0.6) is 0 Å². The normalized spacial score (nSPS) is 11.8. The molecule has 1 atom stereocenters. The Morgan fingerprint density at radius 1 is 1.00 bits per heavy atom. The van der Waals surface area contributed by atoms with E-state index in [4.69, 9.17) is 23.2 Å². The lowest BCUT2D eigenvalue weighted by Crippen LogP contribution is -2.35. The van der Waals surface area contributed by atoms with Crippen molar-refractivity contribution in [2.45, 2.75) is 6.04 Å². The van der Waals surface area contributed by atoms with Gasteiger partial charge in [0, 0.05) is 27.9 Å². The molecule has 0 spiro atoms. The lowest BCUT2D eigenvalue weighted by Gasteiger charge is -2.20. The molecule has 31 heavy (non-hydrogen) atoms. The van der Waals surface area contributed by atoms with Crippen molar-refractivity contribution in [3.63, 3.8) is 0 Å². The number of fused-ring (bicyclic) bond motifs is 1. The van der Waals surface area contributed by atoms with E-state index in [2.05, 4.69) is 15.6 Å². The number of carbonyl (C=O) groups excluding carboxylic acids is 1. The lowest BCUT2D eigenvalue weighted by molar-refractivity contribution is 0.250. The van der Waals surface area contributed by atoms with Crippen LogP contribution in [-0.2, 0) is 0 Å². The molecule has 156 valence electrons. The summed E-state index contributed by atoms with van der Waals surface area (Å²) < 4.78 is 13.4. The Balaban J connectivity index is 1.70. The predicted octanol–water partition coefficient (Wildman–Crippen LogP) is 5.89. The number of H-pyrrole nitrogens is 1. The summed E-state index contributed by atoms with van der Waals surface area (Å²) in [6.07, 6.45) is 1.56. The van der Waals surface area contributed by atoms with E-state index in [9.17, 15) is 14.0 Å². The topological polar surface area (TPSA) is 74.0 Å². The van der Waals surface area contributed by atoms with Gasteiger partial charge in [-0.15, -0.1) is 0 Å². The third kappa shape index (κ3) is 4.55. The molecule has 3 N–H and O–H groups in total. The summed E-state index contributed by atoms with van der Waals surface area (Å²) in [6.45, 7) is 0. The Bertz CT molecular complexity index is 1330. The number of rotatable bonds is 4. The number of hydrogen-bond acceptors (Lipinski definition) is 2. The Kier molecular flexibility index (Phi) is 5.93. The smallest absolute Gasteiger partial charge is 0.319 e. The van der Waals surface area contributed by atoms with E-state index in [1.165, 1.54) is 12.1 Å². The van der Waals surface area contributed by atoms with Gasteiger partial charge in [0.1, 0.15) is 5.82 Å². The average molecular weight is 456 g/mol. The van der Waals surface area contributed by atoms with Crippen LogP contribution >= 0.6 is 23.2 Å². The Hall–Kier alpha value is -3.35. The Morgan fingerprint density at radius 2 is 1.77 bits per heavy atom. The van der Waals surface area contributed by atoms with Crippen LogP contribution in [0.2, 0.25) is 10.0 Å². The van der Waals surface area contributed by atoms with Crippen LogP contribution in [0.15, 0.2) is 77.7 Å². The summed E-state index contributed by atoms with van der Waals surface area (Å²) in [6, 6.07) is 16.6. The van der Waals surface area contributed by atoms with Gasteiger partial charge in [-0.2, -0.15) is 0 Å². The van der Waals surface area contributed by atoms with E-state index in [1.807, 2.05) is 30.3 Å². The van der Waals surface area contributed by atoms with Gasteiger partial charge in [0.05, 0.1) is 16.6 Å². The monoisotopic (exact) mass is 455 g/mol. The molecule has 5 nitrogen and oxygen atoms in total. The summed E-state index contributed by atoms with van der Waals surface area (Å²) in [5.74, 6) is -0.586. The highest BCUT2D eigenvalue weighted by atomic mass is 35.5. The van der Waals surface area contributed by atoms with E-state index in [1.54, 1.807) is 24.4 Å². The second-order valence-corrected chi connectivity index (χ2v) is 7.68. The maximum atomic E-state index is 13.4. The SMILES string of the molecule is O=C(Nc1ccc(F)c(Cl)c1)NC(c1ccccc1)c1c[nH]c2cc(Cl)ccc2c1=O. The predicted molar refractivity (Wildman–Crippen MR) is 121 cm³/mol. The number of carbonyl (C=O) groups is 1. The van der Waals surface area contributed by atoms with E-state index in [0.717, 1.165) is 6.07 Å². The van der Waals surface area contributed by atoms with Gasteiger partial charge in [0.15, 0.2) is 5.43 Å². The molecule has 1 unspecified atom stereocenters. The standard InChI is InChI=1S/C23H16Cl2FN3O2/c24-14-6-8-16-20(10-14)27-12-17(22(16)30)21(13-4-2-1-3-5-13)29-23(31)28-15-7-9-19(26)18(25)11-15/h1-12,21H,(H,27,30)(H2,28,29,31). The molecule has 0 fully saturated rings. The van der Waals surface area contributed by atoms with Gasteiger partial charge >= 0.3 is 6.03 Å². The van der Waals surface area contributed by atoms with Crippen molar-refractivity contribution in [2.24, 2.45) is 0 Å². The molecule has 0 bridgehead atoms. The van der Waals surface area contributed by atoms with Crippen molar-refractivity contribution in [1.82, 2.24) is 10.3 Å². The number of aromatic amines is 1. The summed E-state index contributed by atoms with van der Waals surface area (Å²) in [4.78, 5) is 29.0. The van der Waals surface area contributed by atoms with Gasteiger partial charge in [-0.25, -0.2) is 9.18 Å². The minimum absolute atomic E-state index is 0.109. The maximum Gasteiger partial charge on any atom is 0.319 e. The first-order valence-corrected chi connectivity index (χ1v) is 10.1. The fourth-order valence-corrected chi connectivity index (χ4v) is 3.64. The molecular weight excluding hydrogens is 440 g/mol. The van der Waals surface area contributed by atoms with Crippen molar-refractivity contribution in [3.05, 3.63) is 110 Å². The molecule has 1 aromatic heterocycles. The van der Waals surface area contributed by atoms with Gasteiger partial charge < -0.3 is 15.6 Å². The third-order valence-electron chi connectivity index (χ3n) is 4.77. The van der Waals surface area contributed by atoms with Crippen LogP contribution in [0.1, 0.15) is 17.2 Å². The molecule has 1 heterocycles. The zero-order chi connectivity index (χ0) is 22.0. The fourth-order valence-electron chi connectivity index (χ4n) is 3.28. The molecule has 4 rings (SSSR count). The molecule has 0 saturated heterocycles. The van der Waals surface area contributed by atoms with Gasteiger partial charge in [-0.3, -0.25) is 4.79 Å². The highest BCUT2D eigenvalue weighted by Crippen LogP contribution is 2.23. The molecule has 0 aliphatic heterocycles. The number of urea groups is 1.